The summed E-state index contributed by atoms with van der Waals surface area (Å²) in [5.41, 5.74) is 0. The maximum absolute atomic E-state index is 12.5. The second-order valence-electron chi connectivity index (χ2n) is 24.5. The van der Waals surface area contributed by atoms with Gasteiger partial charge in [-0.2, -0.15) is 0 Å². The molecule has 2 N–H and O–H groups in total. The fourth-order valence-electron chi connectivity index (χ4n) is 11.6. The van der Waals surface area contributed by atoms with Crippen molar-refractivity contribution in [1.29, 1.82) is 0 Å². The standard InChI is InChI=1S/C70H139NO3/c1-3-5-7-9-11-13-15-17-19-32-36-40-44-48-52-56-60-64-69(73)65-61-57-53-49-45-41-37-33-30-28-26-24-22-21-23-25-27-29-31-34-38-42-46-50-54-58-62-66-70(74)71-68(67-72)63-59-55-51-47-43-39-35-20-18-16-14-12-10-8-6-4-2/h68,72H,3-67H2,1-2H3,(H,71,74). The van der Waals surface area contributed by atoms with Gasteiger partial charge in [0.2, 0.25) is 5.91 Å². The van der Waals surface area contributed by atoms with Crippen molar-refractivity contribution in [2.75, 3.05) is 6.61 Å². The van der Waals surface area contributed by atoms with E-state index in [2.05, 4.69) is 19.2 Å². The molecule has 74 heavy (non-hydrogen) atoms. The van der Waals surface area contributed by atoms with E-state index in [9.17, 15) is 14.7 Å². The average molecular weight is 1040 g/mol. The Morgan fingerprint density at radius 2 is 0.432 bits per heavy atom. The number of nitrogens with one attached hydrogen (secondary N) is 1. The largest absolute Gasteiger partial charge is 0.394 e. The van der Waals surface area contributed by atoms with Gasteiger partial charge < -0.3 is 10.4 Å². The predicted molar refractivity (Wildman–Crippen MR) is 331 cm³/mol. The zero-order valence-corrected chi connectivity index (χ0v) is 51.3. The van der Waals surface area contributed by atoms with Crippen molar-refractivity contribution in [3.05, 3.63) is 0 Å². The summed E-state index contributed by atoms with van der Waals surface area (Å²) >= 11 is 0. The molecule has 0 bridgehead atoms. The SMILES string of the molecule is CCCCCCCCCCCCCCCCCCCC(=O)CCCCCCCCCCCCCCCCCCCCCCCCCCCCCC(=O)NC(CO)CCCCCCCCCCCCCCCCCC. The van der Waals surface area contributed by atoms with Crippen LogP contribution < -0.4 is 5.32 Å². The Morgan fingerprint density at radius 3 is 0.635 bits per heavy atom. The van der Waals surface area contributed by atoms with Gasteiger partial charge in [0.15, 0.2) is 0 Å². The summed E-state index contributed by atoms with van der Waals surface area (Å²) in [4.78, 5) is 24.8. The topological polar surface area (TPSA) is 66.4 Å². The van der Waals surface area contributed by atoms with Crippen LogP contribution in [0.4, 0.5) is 0 Å². The Morgan fingerprint density at radius 1 is 0.257 bits per heavy atom. The smallest absolute Gasteiger partial charge is 0.220 e. The number of carbonyl (C=O) groups excluding carboxylic acids is 2. The number of unbranched alkanes of at least 4 members (excludes halogenated alkanes) is 57. The first kappa shape index (κ1) is 73.1. The highest BCUT2D eigenvalue weighted by Gasteiger charge is 2.11. The molecule has 0 aliphatic carbocycles. The van der Waals surface area contributed by atoms with Crippen LogP contribution in [-0.4, -0.2) is 29.4 Å². The van der Waals surface area contributed by atoms with Crippen LogP contribution in [0.15, 0.2) is 0 Å². The molecule has 4 heteroatoms. The van der Waals surface area contributed by atoms with E-state index in [0.29, 0.717) is 12.2 Å². The van der Waals surface area contributed by atoms with E-state index in [1.165, 1.54) is 353 Å². The molecule has 0 spiro atoms. The maximum atomic E-state index is 12.5. The quantitative estimate of drug-likeness (QED) is 0.0597. The van der Waals surface area contributed by atoms with E-state index in [-0.39, 0.29) is 18.6 Å². The lowest BCUT2D eigenvalue weighted by atomic mass is 10.0. The van der Waals surface area contributed by atoms with Crippen molar-refractivity contribution < 1.29 is 14.7 Å². The van der Waals surface area contributed by atoms with Crippen molar-refractivity contribution in [3.63, 3.8) is 0 Å². The van der Waals surface area contributed by atoms with Gasteiger partial charge in [0.25, 0.3) is 0 Å². The normalized spacial score (nSPS) is 12.0. The number of hydrogen-bond donors (Lipinski definition) is 2. The lowest BCUT2D eigenvalue weighted by Gasteiger charge is -2.16. The van der Waals surface area contributed by atoms with Gasteiger partial charge in [-0.15, -0.1) is 0 Å². The van der Waals surface area contributed by atoms with Gasteiger partial charge >= 0.3 is 0 Å². The first-order chi connectivity index (χ1) is 36.6. The number of amides is 1. The highest BCUT2D eigenvalue weighted by Crippen LogP contribution is 2.20. The molecular formula is C70H139NO3. The summed E-state index contributed by atoms with van der Waals surface area (Å²) in [6.45, 7) is 4.66. The molecule has 0 aromatic carbocycles. The highest BCUT2D eigenvalue weighted by molar-refractivity contribution is 5.78. The Bertz CT molecular complexity index is 1040. The minimum absolute atomic E-state index is 0.0594. The Balaban J connectivity index is 3.27. The summed E-state index contributed by atoms with van der Waals surface area (Å²) in [7, 11) is 0. The molecule has 0 rings (SSSR count). The highest BCUT2D eigenvalue weighted by atomic mass is 16.3. The van der Waals surface area contributed by atoms with E-state index < -0.39 is 0 Å². The Labute approximate surface area is 467 Å². The molecule has 4 nitrogen and oxygen atoms in total. The first-order valence-corrected chi connectivity index (χ1v) is 35.1. The predicted octanol–water partition coefficient (Wildman–Crippen LogP) is 24.0. The zero-order chi connectivity index (χ0) is 53.4. The Hall–Kier alpha value is -0.900. The van der Waals surface area contributed by atoms with Crippen molar-refractivity contribution >= 4 is 11.7 Å². The van der Waals surface area contributed by atoms with Crippen molar-refractivity contribution in [2.45, 2.75) is 431 Å². The van der Waals surface area contributed by atoms with E-state index in [4.69, 9.17) is 0 Å². The molecule has 0 aliphatic rings. The van der Waals surface area contributed by atoms with E-state index in [1.54, 1.807) is 0 Å². The van der Waals surface area contributed by atoms with E-state index in [1.807, 2.05) is 0 Å². The molecule has 0 fully saturated rings. The van der Waals surface area contributed by atoms with Gasteiger partial charge in [-0.05, 0) is 25.7 Å². The minimum atomic E-state index is -0.0594. The van der Waals surface area contributed by atoms with Crippen LogP contribution >= 0.6 is 0 Å². The Kier molecular flexibility index (Phi) is 65.6. The van der Waals surface area contributed by atoms with Crippen LogP contribution in [0.2, 0.25) is 0 Å². The summed E-state index contributed by atoms with van der Waals surface area (Å²) in [6, 6.07) is -0.0594. The molecule has 0 saturated heterocycles. The third kappa shape index (κ3) is 63.6. The lowest BCUT2D eigenvalue weighted by molar-refractivity contribution is -0.122. The van der Waals surface area contributed by atoms with Crippen LogP contribution in [0.25, 0.3) is 0 Å². The van der Waals surface area contributed by atoms with Gasteiger partial charge in [-0.25, -0.2) is 0 Å². The first-order valence-electron chi connectivity index (χ1n) is 35.1. The number of aliphatic hydroxyl groups excluding tert-OH is 1. The molecule has 442 valence electrons. The fraction of sp³-hybridized carbons (Fsp3) is 0.971. The molecule has 0 heterocycles. The molecule has 1 unspecified atom stereocenters. The number of rotatable bonds is 67. The monoisotopic (exact) mass is 1040 g/mol. The third-order valence-electron chi connectivity index (χ3n) is 16.9. The van der Waals surface area contributed by atoms with Gasteiger partial charge in [0, 0.05) is 19.3 Å². The fourth-order valence-corrected chi connectivity index (χ4v) is 11.6. The van der Waals surface area contributed by atoms with Gasteiger partial charge in [0.05, 0.1) is 12.6 Å². The van der Waals surface area contributed by atoms with E-state index >= 15 is 0 Å². The average Bonchev–Trinajstić information content (AvgIpc) is 3.40. The summed E-state index contributed by atoms with van der Waals surface area (Å²) < 4.78 is 0. The zero-order valence-electron chi connectivity index (χ0n) is 51.3. The number of Topliss-reactive ketones (excluding diaryl/α,β-unsaturated/α-hetero) is 1. The summed E-state index contributed by atoms with van der Waals surface area (Å²) in [5, 5.41) is 12.9. The number of hydrogen-bond acceptors (Lipinski definition) is 3. The van der Waals surface area contributed by atoms with Crippen LogP contribution in [0.5, 0.6) is 0 Å². The van der Waals surface area contributed by atoms with Crippen molar-refractivity contribution in [2.24, 2.45) is 0 Å². The maximum Gasteiger partial charge on any atom is 0.220 e. The summed E-state index contributed by atoms with van der Waals surface area (Å²) in [5.74, 6) is 0.662. The van der Waals surface area contributed by atoms with Gasteiger partial charge in [-0.3, -0.25) is 9.59 Å². The molecule has 0 saturated carbocycles. The molecule has 0 radical (unpaired) electrons. The molecule has 1 amide bonds. The number of carbonyl (C=O) groups is 2. The number of ketones is 1. The number of aliphatic hydroxyl groups is 1. The second kappa shape index (κ2) is 66.4. The van der Waals surface area contributed by atoms with Crippen LogP contribution in [0.3, 0.4) is 0 Å². The van der Waals surface area contributed by atoms with Crippen LogP contribution in [0, 0.1) is 0 Å². The van der Waals surface area contributed by atoms with Gasteiger partial charge in [0.1, 0.15) is 5.78 Å². The van der Waals surface area contributed by atoms with Crippen LogP contribution in [-0.2, 0) is 9.59 Å². The molecule has 0 aliphatic heterocycles. The minimum Gasteiger partial charge on any atom is -0.394 e. The molecular weight excluding hydrogens is 903 g/mol. The lowest BCUT2D eigenvalue weighted by Crippen LogP contribution is -2.37. The molecule has 0 aromatic rings. The van der Waals surface area contributed by atoms with Crippen molar-refractivity contribution in [1.82, 2.24) is 5.32 Å². The van der Waals surface area contributed by atoms with E-state index in [0.717, 1.165) is 51.4 Å². The molecule has 0 aromatic heterocycles. The molecule has 1 atom stereocenters. The second-order valence-corrected chi connectivity index (χ2v) is 24.5. The van der Waals surface area contributed by atoms with Crippen LogP contribution in [0.1, 0.15) is 425 Å². The third-order valence-corrected chi connectivity index (χ3v) is 16.9. The van der Waals surface area contributed by atoms with Crippen molar-refractivity contribution in [3.8, 4) is 0 Å². The summed E-state index contributed by atoms with van der Waals surface area (Å²) in [6.07, 6.45) is 85.7. The van der Waals surface area contributed by atoms with Gasteiger partial charge in [-0.1, -0.05) is 380 Å².